The van der Waals surface area contributed by atoms with E-state index in [1.165, 1.54) is 45.9 Å². The number of esters is 1. The largest absolute Gasteiger partial charge is 0.465 e. The standard InChI is InChI=1S/C16H22N2O2/c1-20-16(19)12-4-2-5-13(10-12)17-14-7-9-18-8-3-6-15(18)11-14/h2,4-5,10,14-15,17H,3,6-9,11H2,1H3. The molecular formula is C16H22N2O2. The summed E-state index contributed by atoms with van der Waals surface area (Å²) >= 11 is 0. The Morgan fingerprint density at radius 3 is 3.10 bits per heavy atom. The number of nitrogens with zero attached hydrogens (tertiary/aromatic N) is 1. The molecule has 2 atom stereocenters. The van der Waals surface area contributed by atoms with Gasteiger partial charge in [-0.2, -0.15) is 0 Å². The predicted molar refractivity (Wildman–Crippen MR) is 79.0 cm³/mol. The van der Waals surface area contributed by atoms with Crippen molar-refractivity contribution in [1.82, 2.24) is 4.90 Å². The molecule has 3 rings (SSSR count). The summed E-state index contributed by atoms with van der Waals surface area (Å²) < 4.78 is 4.76. The first-order chi connectivity index (χ1) is 9.76. The highest BCUT2D eigenvalue weighted by molar-refractivity contribution is 5.90. The van der Waals surface area contributed by atoms with Gasteiger partial charge in [-0.15, -0.1) is 0 Å². The third-order valence-corrected chi connectivity index (χ3v) is 4.47. The minimum atomic E-state index is -0.278. The number of fused-ring (bicyclic) bond motifs is 1. The molecule has 4 heteroatoms. The van der Waals surface area contributed by atoms with E-state index >= 15 is 0 Å². The summed E-state index contributed by atoms with van der Waals surface area (Å²) in [5, 5.41) is 3.58. The first-order valence-corrected chi connectivity index (χ1v) is 7.45. The lowest BCUT2D eigenvalue weighted by atomic mass is 9.97. The molecule has 0 amide bonds. The van der Waals surface area contributed by atoms with Crippen LogP contribution in [0.2, 0.25) is 0 Å². The van der Waals surface area contributed by atoms with Gasteiger partial charge >= 0.3 is 5.97 Å². The Labute approximate surface area is 120 Å². The maximum atomic E-state index is 11.6. The zero-order valence-electron chi connectivity index (χ0n) is 12.0. The molecule has 0 radical (unpaired) electrons. The fourth-order valence-electron chi connectivity index (χ4n) is 3.44. The summed E-state index contributed by atoms with van der Waals surface area (Å²) in [6.07, 6.45) is 5.07. The van der Waals surface area contributed by atoms with Gasteiger partial charge in [0, 0.05) is 24.3 Å². The van der Waals surface area contributed by atoms with Crippen molar-refractivity contribution in [1.29, 1.82) is 0 Å². The number of carbonyl (C=O) groups is 1. The molecule has 1 aromatic carbocycles. The van der Waals surface area contributed by atoms with Gasteiger partial charge in [-0.3, -0.25) is 0 Å². The Kier molecular flexibility index (Phi) is 3.92. The number of anilines is 1. The van der Waals surface area contributed by atoms with Crippen molar-refractivity contribution < 1.29 is 9.53 Å². The molecule has 0 aliphatic carbocycles. The smallest absolute Gasteiger partial charge is 0.337 e. The highest BCUT2D eigenvalue weighted by Gasteiger charge is 2.31. The quantitative estimate of drug-likeness (QED) is 0.860. The first-order valence-electron chi connectivity index (χ1n) is 7.45. The van der Waals surface area contributed by atoms with Gasteiger partial charge in [0.25, 0.3) is 0 Å². The monoisotopic (exact) mass is 274 g/mol. The Morgan fingerprint density at radius 2 is 2.25 bits per heavy atom. The third kappa shape index (κ3) is 2.80. The van der Waals surface area contributed by atoms with Gasteiger partial charge in [0.1, 0.15) is 0 Å². The van der Waals surface area contributed by atoms with Crippen LogP contribution in [0.15, 0.2) is 24.3 Å². The molecule has 1 aromatic rings. The highest BCUT2D eigenvalue weighted by atomic mass is 16.5. The topological polar surface area (TPSA) is 41.6 Å². The van der Waals surface area contributed by atoms with Gasteiger partial charge in [0.2, 0.25) is 0 Å². The first kappa shape index (κ1) is 13.4. The summed E-state index contributed by atoms with van der Waals surface area (Å²) in [6, 6.07) is 8.86. The van der Waals surface area contributed by atoms with E-state index < -0.39 is 0 Å². The fraction of sp³-hybridized carbons (Fsp3) is 0.562. The molecule has 4 nitrogen and oxygen atoms in total. The summed E-state index contributed by atoms with van der Waals surface area (Å²) in [5.41, 5.74) is 1.63. The van der Waals surface area contributed by atoms with Crippen LogP contribution in [0.1, 0.15) is 36.0 Å². The van der Waals surface area contributed by atoms with Crippen LogP contribution in [-0.4, -0.2) is 43.2 Å². The van der Waals surface area contributed by atoms with Crippen molar-refractivity contribution in [2.24, 2.45) is 0 Å². The van der Waals surface area contributed by atoms with Crippen molar-refractivity contribution in [2.45, 2.75) is 37.8 Å². The molecule has 2 heterocycles. The normalized spacial score (nSPS) is 26.1. The van der Waals surface area contributed by atoms with Crippen LogP contribution in [0.4, 0.5) is 5.69 Å². The Balaban J connectivity index is 1.64. The lowest BCUT2D eigenvalue weighted by Gasteiger charge is -2.35. The molecule has 0 aromatic heterocycles. The van der Waals surface area contributed by atoms with E-state index in [1.54, 1.807) is 6.07 Å². The SMILES string of the molecule is COC(=O)c1cccc(NC2CCN3CCCC3C2)c1. The maximum absolute atomic E-state index is 11.6. The Hall–Kier alpha value is -1.55. The van der Waals surface area contributed by atoms with Gasteiger partial charge in [0.05, 0.1) is 12.7 Å². The molecule has 2 saturated heterocycles. The molecule has 1 N–H and O–H groups in total. The summed E-state index contributed by atoms with van der Waals surface area (Å²) in [5.74, 6) is -0.278. The second-order valence-electron chi connectivity index (χ2n) is 5.77. The molecular weight excluding hydrogens is 252 g/mol. The minimum Gasteiger partial charge on any atom is -0.465 e. The van der Waals surface area contributed by atoms with Crippen molar-refractivity contribution in [2.75, 3.05) is 25.5 Å². The molecule has 0 spiro atoms. The number of benzene rings is 1. The van der Waals surface area contributed by atoms with E-state index in [-0.39, 0.29) is 5.97 Å². The van der Waals surface area contributed by atoms with Crippen LogP contribution in [0.25, 0.3) is 0 Å². The van der Waals surface area contributed by atoms with Gasteiger partial charge in [-0.1, -0.05) is 6.07 Å². The van der Waals surface area contributed by atoms with E-state index in [9.17, 15) is 4.79 Å². The second kappa shape index (κ2) is 5.83. The number of ether oxygens (including phenoxy) is 1. The van der Waals surface area contributed by atoms with Crippen LogP contribution in [-0.2, 0) is 4.74 Å². The lowest BCUT2D eigenvalue weighted by Crippen LogP contribution is -2.42. The van der Waals surface area contributed by atoms with Gasteiger partial charge in [-0.25, -0.2) is 4.79 Å². The molecule has 2 unspecified atom stereocenters. The lowest BCUT2D eigenvalue weighted by molar-refractivity contribution is 0.0601. The van der Waals surface area contributed by atoms with Crippen LogP contribution in [0.3, 0.4) is 0 Å². The minimum absolute atomic E-state index is 0.278. The number of hydrogen-bond donors (Lipinski definition) is 1. The van der Waals surface area contributed by atoms with E-state index in [2.05, 4.69) is 10.2 Å². The van der Waals surface area contributed by atoms with Crippen LogP contribution in [0, 0.1) is 0 Å². The fourth-order valence-corrected chi connectivity index (χ4v) is 3.44. The van der Waals surface area contributed by atoms with Crippen molar-refractivity contribution in [3.05, 3.63) is 29.8 Å². The average molecular weight is 274 g/mol. The van der Waals surface area contributed by atoms with Gasteiger partial charge in [0.15, 0.2) is 0 Å². The third-order valence-electron chi connectivity index (χ3n) is 4.47. The number of nitrogens with one attached hydrogen (secondary N) is 1. The Morgan fingerprint density at radius 1 is 1.35 bits per heavy atom. The maximum Gasteiger partial charge on any atom is 0.337 e. The van der Waals surface area contributed by atoms with Crippen molar-refractivity contribution in [3.8, 4) is 0 Å². The number of methoxy groups -OCH3 is 1. The molecule has 0 bridgehead atoms. The van der Waals surface area contributed by atoms with Gasteiger partial charge < -0.3 is 15.0 Å². The van der Waals surface area contributed by atoms with E-state index in [0.29, 0.717) is 11.6 Å². The molecule has 0 saturated carbocycles. The molecule has 2 aliphatic rings. The summed E-state index contributed by atoms with van der Waals surface area (Å²) in [6.45, 7) is 2.47. The van der Waals surface area contributed by atoms with E-state index in [4.69, 9.17) is 4.74 Å². The number of hydrogen-bond acceptors (Lipinski definition) is 4. The zero-order valence-corrected chi connectivity index (χ0v) is 12.0. The molecule has 108 valence electrons. The van der Waals surface area contributed by atoms with Crippen molar-refractivity contribution >= 4 is 11.7 Å². The zero-order chi connectivity index (χ0) is 13.9. The summed E-state index contributed by atoms with van der Waals surface area (Å²) in [4.78, 5) is 14.2. The average Bonchev–Trinajstić information content (AvgIpc) is 2.94. The van der Waals surface area contributed by atoms with Gasteiger partial charge in [-0.05, 0) is 50.4 Å². The molecule has 2 aliphatic heterocycles. The predicted octanol–water partition coefficient (Wildman–Crippen LogP) is 2.51. The van der Waals surface area contributed by atoms with Crippen LogP contribution < -0.4 is 5.32 Å². The summed E-state index contributed by atoms with van der Waals surface area (Å²) in [7, 11) is 1.41. The van der Waals surface area contributed by atoms with E-state index in [1.807, 2.05) is 18.2 Å². The number of piperidine rings is 1. The Bertz CT molecular complexity index is 489. The highest BCUT2D eigenvalue weighted by Crippen LogP contribution is 2.28. The molecule has 20 heavy (non-hydrogen) atoms. The number of carbonyl (C=O) groups excluding carboxylic acids is 1. The van der Waals surface area contributed by atoms with Crippen LogP contribution >= 0.6 is 0 Å². The van der Waals surface area contributed by atoms with E-state index in [0.717, 1.165) is 11.7 Å². The molecule has 2 fully saturated rings. The number of rotatable bonds is 3. The van der Waals surface area contributed by atoms with Crippen molar-refractivity contribution in [3.63, 3.8) is 0 Å². The second-order valence-corrected chi connectivity index (χ2v) is 5.77. The van der Waals surface area contributed by atoms with Crippen LogP contribution in [0.5, 0.6) is 0 Å².